The third-order valence-corrected chi connectivity index (χ3v) is 2.16. The number of pyridine rings is 1. The summed E-state index contributed by atoms with van der Waals surface area (Å²) in [6.07, 6.45) is 1.45. The van der Waals surface area contributed by atoms with Crippen LogP contribution in [0.5, 0.6) is 0 Å². The van der Waals surface area contributed by atoms with Crippen LogP contribution in [0.25, 0.3) is 0 Å². The third kappa shape index (κ3) is 2.01. The first-order valence-electron chi connectivity index (χ1n) is 4.47. The number of rotatable bonds is 2. The van der Waals surface area contributed by atoms with E-state index in [2.05, 4.69) is 4.98 Å². The van der Waals surface area contributed by atoms with E-state index in [9.17, 15) is 0 Å². The van der Waals surface area contributed by atoms with Crippen molar-refractivity contribution in [3.05, 3.63) is 23.4 Å². The number of nitriles is 1. The molecule has 0 saturated carbocycles. The average Bonchev–Trinajstić information content (AvgIpc) is 2.17. The van der Waals surface area contributed by atoms with Gasteiger partial charge in [0.1, 0.15) is 11.9 Å². The van der Waals surface area contributed by atoms with Crippen molar-refractivity contribution in [2.24, 2.45) is 11.7 Å². The van der Waals surface area contributed by atoms with Crippen molar-refractivity contribution in [3.63, 3.8) is 0 Å². The Bertz CT molecular complexity index is 365. The van der Waals surface area contributed by atoms with Crippen molar-refractivity contribution >= 4 is 5.82 Å². The molecule has 4 nitrogen and oxygen atoms in total. The number of nitrogen functional groups attached to an aromatic ring is 1. The van der Waals surface area contributed by atoms with Gasteiger partial charge >= 0.3 is 0 Å². The van der Waals surface area contributed by atoms with E-state index in [1.165, 1.54) is 6.20 Å². The molecule has 1 atom stereocenters. The number of hydrogen-bond acceptors (Lipinski definition) is 4. The maximum absolute atomic E-state index is 8.70. The van der Waals surface area contributed by atoms with Crippen LogP contribution in [0.3, 0.4) is 0 Å². The first-order chi connectivity index (χ1) is 6.56. The highest BCUT2D eigenvalue weighted by Crippen LogP contribution is 2.23. The topological polar surface area (TPSA) is 88.7 Å². The van der Waals surface area contributed by atoms with Gasteiger partial charge in [0.25, 0.3) is 0 Å². The molecule has 0 bridgehead atoms. The van der Waals surface area contributed by atoms with Gasteiger partial charge in [0.15, 0.2) is 0 Å². The minimum atomic E-state index is -0.171. The molecule has 0 aliphatic carbocycles. The molecule has 0 spiro atoms. The number of nitrogens with zero attached hydrogens (tertiary/aromatic N) is 2. The summed E-state index contributed by atoms with van der Waals surface area (Å²) >= 11 is 0. The summed E-state index contributed by atoms with van der Waals surface area (Å²) in [5.74, 6) is 0.679. The average molecular weight is 190 g/mol. The lowest BCUT2D eigenvalue weighted by Gasteiger charge is -2.17. The fraction of sp³-hybridized carbons (Fsp3) is 0.400. The Balaban J connectivity index is 3.13. The Morgan fingerprint density at radius 2 is 2.14 bits per heavy atom. The molecule has 1 rings (SSSR count). The second-order valence-corrected chi connectivity index (χ2v) is 3.58. The summed E-state index contributed by atoms with van der Waals surface area (Å²) in [5, 5.41) is 8.70. The van der Waals surface area contributed by atoms with E-state index in [1.807, 2.05) is 19.9 Å². The smallest absolute Gasteiger partial charge is 0.128 e. The lowest BCUT2D eigenvalue weighted by molar-refractivity contribution is 0.514. The fourth-order valence-electron chi connectivity index (χ4n) is 1.18. The monoisotopic (exact) mass is 190 g/mol. The molecular formula is C10H14N4. The van der Waals surface area contributed by atoms with Crippen molar-refractivity contribution in [2.45, 2.75) is 19.9 Å². The normalized spacial score (nSPS) is 12.5. The molecule has 1 heterocycles. The van der Waals surface area contributed by atoms with Gasteiger partial charge in [-0.05, 0) is 12.0 Å². The molecule has 1 aromatic heterocycles. The molecular weight excluding hydrogens is 176 g/mol. The van der Waals surface area contributed by atoms with Crippen molar-refractivity contribution in [1.82, 2.24) is 4.98 Å². The largest absolute Gasteiger partial charge is 0.383 e. The molecule has 4 heteroatoms. The van der Waals surface area contributed by atoms with E-state index < -0.39 is 0 Å². The van der Waals surface area contributed by atoms with Gasteiger partial charge in [0.05, 0.1) is 5.56 Å². The number of hydrogen-bond donors (Lipinski definition) is 2. The Hall–Kier alpha value is -1.60. The van der Waals surface area contributed by atoms with Crippen LogP contribution in [0.15, 0.2) is 12.3 Å². The zero-order valence-electron chi connectivity index (χ0n) is 8.36. The molecule has 0 aliphatic rings. The molecule has 0 fully saturated rings. The van der Waals surface area contributed by atoms with E-state index in [-0.39, 0.29) is 12.0 Å². The Morgan fingerprint density at radius 1 is 1.50 bits per heavy atom. The van der Waals surface area contributed by atoms with E-state index in [0.717, 1.165) is 5.56 Å². The van der Waals surface area contributed by atoms with Gasteiger partial charge < -0.3 is 11.5 Å². The molecule has 0 amide bonds. The lowest BCUT2D eigenvalue weighted by atomic mass is 9.97. The van der Waals surface area contributed by atoms with E-state index in [0.29, 0.717) is 11.4 Å². The van der Waals surface area contributed by atoms with E-state index in [4.69, 9.17) is 16.7 Å². The lowest BCUT2D eigenvalue weighted by Crippen LogP contribution is -2.19. The quantitative estimate of drug-likeness (QED) is 0.733. The second-order valence-electron chi connectivity index (χ2n) is 3.58. The van der Waals surface area contributed by atoms with Crippen LogP contribution >= 0.6 is 0 Å². The highest BCUT2D eigenvalue weighted by Gasteiger charge is 2.14. The molecule has 1 aromatic rings. The minimum Gasteiger partial charge on any atom is -0.383 e. The van der Waals surface area contributed by atoms with E-state index in [1.54, 1.807) is 6.07 Å². The van der Waals surface area contributed by atoms with Crippen LogP contribution in [-0.4, -0.2) is 4.98 Å². The molecule has 1 unspecified atom stereocenters. The van der Waals surface area contributed by atoms with Gasteiger partial charge in [-0.3, -0.25) is 0 Å². The first kappa shape index (κ1) is 10.5. The van der Waals surface area contributed by atoms with Gasteiger partial charge in [0, 0.05) is 17.8 Å². The number of anilines is 1. The first-order valence-corrected chi connectivity index (χ1v) is 4.47. The van der Waals surface area contributed by atoms with Gasteiger partial charge in [-0.1, -0.05) is 13.8 Å². The highest BCUT2D eigenvalue weighted by atomic mass is 14.8. The number of aromatic nitrogens is 1. The molecule has 0 radical (unpaired) electrons. The van der Waals surface area contributed by atoms with Gasteiger partial charge in [-0.15, -0.1) is 0 Å². The second kappa shape index (κ2) is 4.07. The summed E-state index contributed by atoms with van der Waals surface area (Å²) in [4.78, 5) is 3.93. The predicted molar refractivity (Wildman–Crippen MR) is 55.1 cm³/mol. The van der Waals surface area contributed by atoms with Crippen LogP contribution < -0.4 is 11.5 Å². The van der Waals surface area contributed by atoms with Gasteiger partial charge in [-0.25, -0.2) is 4.98 Å². The van der Waals surface area contributed by atoms with E-state index >= 15 is 0 Å². The predicted octanol–water partition coefficient (Wildman–Crippen LogP) is 1.19. The standard InChI is InChI=1S/C10H14N4/c1-6(2)9(12)8-3-7(4-11)5-14-10(8)13/h3,5-6,9H,12H2,1-2H3,(H2,13,14). The Kier molecular flexibility index (Phi) is 3.05. The maximum Gasteiger partial charge on any atom is 0.128 e. The third-order valence-electron chi connectivity index (χ3n) is 2.16. The fourth-order valence-corrected chi connectivity index (χ4v) is 1.18. The summed E-state index contributed by atoms with van der Waals surface area (Å²) < 4.78 is 0. The zero-order valence-corrected chi connectivity index (χ0v) is 8.36. The van der Waals surface area contributed by atoms with Crippen LogP contribution in [-0.2, 0) is 0 Å². The van der Waals surface area contributed by atoms with Crippen molar-refractivity contribution in [3.8, 4) is 6.07 Å². The molecule has 74 valence electrons. The minimum absolute atomic E-state index is 0.171. The van der Waals surface area contributed by atoms with Crippen molar-refractivity contribution in [2.75, 3.05) is 5.73 Å². The van der Waals surface area contributed by atoms with Gasteiger partial charge in [0.2, 0.25) is 0 Å². The Labute approximate surface area is 83.5 Å². The van der Waals surface area contributed by atoms with Crippen LogP contribution in [0.1, 0.15) is 31.0 Å². The Morgan fingerprint density at radius 3 is 2.64 bits per heavy atom. The molecule has 0 saturated heterocycles. The molecule has 0 aromatic carbocycles. The summed E-state index contributed by atoms with van der Waals surface area (Å²) in [7, 11) is 0. The molecule has 0 aliphatic heterocycles. The van der Waals surface area contributed by atoms with Crippen LogP contribution in [0.2, 0.25) is 0 Å². The summed E-state index contributed by atoms with van der Waals surface area (Å²) in [5.41, 5.74) is 12.9. The van der Waals surface area contributed by atoms with Gasteiger partial charge in [-0.2, -0.15) is 5.26 Å². The highest BCUT2D eigenvalue weighted by molar-refractivity contribution is 5.46. The van der Waals surface area contributed by atoms with Crippen LogP contribution in [0.4, 0.5) is 5.82 Å². The zero-order chi connectivity index (χ0) is 10.7. The summed E-state index contributed by atoms with van der Waals surface area (Å²) in [6, 6.07) is 3.55. The number of nitrogens with two attached hydrogens (primary N) is 2. The van der Waals surface area contributed by atoms with Crippen molar-refractivity contribution < 1.29 is 0 Å². The molecule has 14 heavy (non-hydrogen) atoms. The summed E-state index contributed by atoms with van der Waals surface area (Å²) in [6.45, 7) is 4.01. The molecule has 4 N–H and O–H groups in total. The maximum atomic E-state index is 8.70. The van der Waals surface area contributed by atoms with Crippen molar-refractivity contribution in [1.29, 1.82) is 5.26 Å². The SMILES string of the molecule is CC(C)C(N)c1cc(C#N)cnc1N. The van der Waals surface area contributed by atoms with Crippen LogP contribution in [0, 0.1) is 17.2 Å².